The van der Waals surface area contributed by atoms with Crippen molar-refractivity contribution >= 4 is 27.7 Å². The molecule has 0 aliphatic heterocycles. The molecule has 34 heavy (non-hydrogen) atoms. The Bertz CT molecular complexity index is 1260. The van der Waals surface area contributed by atoms with E-state index in [0.717, 1.165) is 75.1 Å². The van der Waals surface area contributed by atoms with Crippen molar-refractivity contribution < 1.29 is 9.53 Å². The number of fused-ring (bicyclic) bond motifs is 2. The maximum Gasteiger partial charge on any atom is 0.223 e. The standard InChI is InChI=1S/C29H33N3O2/c33-29(23-14-15-23)30-18-7-1-2-13-28-31-26-11-5-6-12-27(26)32(28)19-8-20-34-25-17-16-22-9-3-4-10-24(22)21-25/h3-6,9-12,16-17,21,23H,1-2,7-8,13-15,18-20H2,(H,30,33). The van der Waals surface area contributed by atoms with E-state index in [9.17, 15) is 4.79 Å². The van der Waals surface area contributed by atoms with E-state index in [0.29, 0.717) is 12.5 Å². The van der Waals surface area contributed by atoms with E-state index in [1.807, 2.05) is 6.07 Å². The molecule has 0 radical (unpaired) electrons. The van der Waals surface area contributed by atoms with Gasteiger partial charge < -0.3 is 14.6 Å². The number of hydrogen-bond acceptors (Lipinski definition) is 3. The molecule has 0 atom stereocenters. The Morgan fingerprint density at radius 1 is 0.941 bits per heavy atom. The van der Waals surface area contributed by atoms with Crippen molar-refractivity contribution in [2.75, 3.05) is 13.2 Å². The molecule has 1 N–H and O–H groups in total. The quantitative estimate of drug-likeness (QED) is 0.271. The van der Waals surface area contributed by atoms with E-state index >= 15 is 0 Å². The van der Waals surface area contributed by atoms with Crippen molar-refractivity contribution in [3.05, 3.63) is 72.6 Å². The fourth-order valence-electron chi connectivity index (χ4n) is 4.52. The fraction of sp³-hybridized carbons (Fsp3) is 0.379. The Kier molecular flexibility index (Phi) is 7.08. The van der Waals surface area contributed by atoms with Crippen molar-refractivity contribution in [2.24, 2.45) is 5.92 Å². The van der Waals surface area contributed by atoms with E-state index < -0.39 is 0 Å². The van der Waals surface area contributed by atoms with E-state index in [-0.39, 0.29) is 5.91 Å². The lowest BCUT2D eigenvalue weighted by atomic mass is 10.1. The van der Waals surface area contributed by atoms with E-state index in [4.69, 9.17) is 9.72 Å². The molecule has 3 aromatic carbocycles. The number of benzene rings is 3. The van der Waals surface area contributed by atoms with Crippen LogP contribution in [0, 0.1) is 5.92 Å². The minimum atomic E-state index is 0.243. The fourth-order valence-corrected chi connectivity index (χ4v) is 4.52. The molecule has 1 aliphatic carbocycles. The smallest absolute Gasteiger partial charge is 0.223 e. The average Bonchev–Trinajstić information content (AvgIpc) is 3.66. The second-order valence-corrected chi connectivity index (χ2v) is 9.26. The van der Waals surface area contributed by atoms with Crippen molar-refractivity contribution in [3.63, 3.8) is 0 Å². The first kappa shape index (κ1) is 22.5. The Hall–Kier alpha value is -3.34. The molecule has 1 amide bonds. The second-order valence-electron chi connectivity index (χ2n) is 9.26. The number of carbonyl (C=O) groups is 1. The first-order valence-corrected chi connectivity index (χ1v) is 12.6. The van der Waals surface area contributed by atoms with Gasteiger partial charge in [-0.3, -0.25) is 4.79 Å². The van der Waals surface area contributed by atoms with Gasteiger partial charge in [0.05, 0.1) is 17.6 Å². The predicted octanol–water partition coefficient (Wildman–Crippen LogP) is 5.90. The molecule has 0 bridgehead atoms. The zero-order valence-electron chi connectivity index (χ0n) is 19.7. The zero-order chi connectivity index (χ0) is 23.2. The summed E-state index contributed by atoms with van der Waals surface area (Å²) in [4.78, 5) is 16.7. The van der Waals surface area contributed by atoms with Crippen LogP contribution in [0.2, 0.25) is 0 Å². The largest absolute Gasteiger partial charge is 0.494 e. The van der Waals surface area contributed by atoms with Crippen molar-refractivity contribution in [1.29, 1.82) is 0 Å². The SMILES string of the molecule is O=C(NCCCCCc1nc2ccccc2n1CCCOc1ccc2ccccc2c1)C1CC1. The van der Waals surface area contributed by atoms with Crippen LogP contribution in [0.4, 0.5) is 0 Å². The van der Waals surface area contributed by atoms with E-state index in [2.05, 4.69) is 70.5 Å². The van der Waals surface area contributed by atoms with Gasteiger partial charge in [-0.25, -0.2) is 4.98 Å². The second kappa shape index (κ2) is 10.7. The summed E-state index contributed by atoms with van der Waals surface area (Å²) in [5.41, 5.74) is 2.25. The van der Waals surface area contributed by atoms with Crippen LogP contribution < -0.4 is 10.1 Å². The number of rotatable bonds is 12. The van der Waals surface area contributed by atoms with Crippen molar-refractivity contribution in [1.82, 2.24) is 14.9 Å². The Morgan fingerprint density at radius 3 is 2.65 bits per heavy atom. The summed E-state index contributed by atoms with van der Waals surface area (Å²) < 4.78 is 8.42. The van der Waals surface area contributed by atoms with Crippen LogP contribution in [0.5, 0.6) is 5.75 Å². The first-order chi connectivity index (χ1) is 16.8. The number of hydrogen-bond donors (Lipinski definition) is 1. The van der Waals surface area contributed by atoms with Crippen LogP contribution in [0.3, 0.4) is 0 Å². The monoisotopic (exact) mass is 455 g/mol. The molecule has 176 valence electrons. The third kappa shape index (κ3) is 5.58. The summed E-state index contributed by atoms with van der Waals surface area (Å²) in [7, 11) is 0. The summed E-state index contributed by atoms with van der Waals surface area (Å²) in [6, 6.07) is 23.0. The van der Waals surface area contributed by atoms with Gasteiger partial charge in [0.2, 0.25) is 5.91 Å². The van der Waals surface area contributed by atoms with Crippen LogP contribution in [-0.2, 0) is 17.8 Å². The third-order valence-electron chi connectivity index (χ3n) is 6.57. The number of aromatic nitrogens is 2. The van der Waals surface area contributed by atoms with Gasteiger partial charge in [0.25, 0.3) is 0 Å². The van der Waals surface area contributed by atoms with Gasteiger partial charge >= 0.3 is 0 Å². The first-order valence-electron chi connectivity index (χ1n) is 12.6. The van der Waals surface area contributed by atoms with Crippen LogP contribution >= 0.6 is 0 Å². The lowest BCUT2D eigenvalue weighted by Crippen LogP contribution is -2.25. The van der Waals surface area contributed by atoms with Crippen LogP contribution in [0.25, 0.3) is 21.8 Å². The van der Waals surface area contributed by atoms with Crippen molar-refractivity contribution in [3.8, 4) is 5.75 Å². The van der Waals surface area contributed by atoms with Gasteiger partial charge in [-0.15, -0.1) is 0 Å². The molecule has 0 unspecified atom stereocenters. The number of nitrogens with zero attached hydrogens (tertiary/aromatic N) is 2. The van der Waals surface area contributed by atoms with Gasteiger partial charge in [-0.2, -0.15) is 0 Å². The molecule has 1 aromatic heterocycles. The maximum atomic E-state index is 11.7. The van der Waals surface area contributed by atoms with E-state index in [1.54, 1.807) is 0 Å². The van der Waals surface area contributed by atoms with Crippen molar-refractivity contribution in [2.45, 2.75) is 51.5 Å². The highest BCUT2D eigenvalue weighted by Gasteiger charge is 2.28. The minimum Gasteiger partial charge on any atom is -0.494 e. The summed E-state index contributed by atoms with van der Waals surface area (Å²) in [5, 5.41) is 5.49. The van der Waals surface area contributed by atoms with Crippen LogP contribution in [-0.4, -0.2) is 28.6 Å². The molecule has 1 heterocycles. The van der Waals surface area contributed by atoms with Gasteiger partial charge in [-0.05, 0) is 67.1 Å². The van der Waals surface area contributed by atoms with Gasteiger partial charge in [0.15, 0.2) is 0 Å². The molecular weight excluding hydrogens is 422 g/mol. The number of amides is 1. The molecule has 0 spiro atoms. The zero-order valence-corrected chi connectivity index (χ0v) is 19.7. The van der Waals surface area contributed by atoms with Crippen LogP contribution in [0.1, 0.15) is 44.3 Å². The Balaban J connectivity index is 1.12. The molecule has 1 aliphatic rings. The lowest BCUT2D eigenvalue weighted by Gasteiger charge is -2.11. The highest BCUT2D eigenvalue weighted by atomic mass is 16.5. The Morgan fingerprint density at radius 2 is 1.76 bits per heavy atom. The normalized spacial score (nSPS) is 13.4. The van der Waals surface area contributed by atoms with Gasteiger partial charge in [-0.1, -0.05) is 48.9 Å². The summed E-state index contributed by atoms with van der Waals surface area (Å²) in [6.07, 6.45) is 7.21. The number of ether oxygens (including phenoxy) is 1. The predicted molar refractivity (Wildman–Crippen MR) is 137 cm³/mol. The number of unbranched alkanes of at least 4 members (excludes halogenated alkanes) is 2. The molecule has 4 aromatic rings. The number of imidazole rings is 1. The number of para-hydroxylation sites is 2. The number of nitrogens with one attached hydrogen (secondary N) is 1. The molecule has 0 saturated heterocycles. The molecule has 5 nitrogen and oxygen atoms in total. The van der Waals surface area contributed by atoms with Gasteiger partial charge in [0.1, 0.15) is 11.6 Å². The number of carbonyl (C=O) groups excluding carboxylic acids is 1. The molecular formula is C29H33N3O2. The highest BCUT2D eigenvalue weighted by Crippen LogP contribution is 2.28. The topological polar surface area (TPSA) is 56.2 Å². The molecule has 5 rings (SSSR count). The average molecular weight is 456 g/mol. The van der Waals surface area contributed by atoms with Crippen LogP contribution in [0.15, 0.2) is 66.7 Å². The summed E-state index contributed by atoms with van der Waals surface area (Å²) in [5.74, 6) is 2.61. The number of aryl methyl sites for hydroxylation is 2. The molecule has 1 saturated carbocycles. The minimum absolute atomic E-state index is 0.243. The summed E-state index contributed by atoms with van der Waals surface area (Å²) in [6.45, 7) is 2.35. The Labute approximate surface area is 201 Å². The van der Waals surface area contributed by atoms with Gasteiger partial charge in [0, 0.05) is 25.4 Å². The molecule has 5 heteroatoms. The molecule has 1 fully saturated rings. The highest BCUT2D eigenvalue weighted by molar-refractivity contribution is 5.83. The lowest BCUT2D eigenvalue weighted by molar-refractivity contribution is -0.122. The third-order valence-corrected chi connectivity index (χ3v) is 6.57. The summed E-state index contributed by atoms with van der Waals surface area (Å²) >= 11 is 0. The van der Waals surface area contributed by atoms with E-state index in [1.165, 1.54) is 16.3 Å². The maximum absolute atomic E-state index is 11.7.